The number of allylic oxidation sites excluding steroid dienone is 1. The molecule has 2 unspecified atom stereocenters. The Balaban J connectivity index is 1.73. The van der Waals surface area contributed by atoms with Gasteiger partial charge in [-0.1, -0.05) is 98.8 Å². The molecule has 214 valence electrons. The molecule has 0 amide bonds. The second kappa shape index (κ2) is 13.6. The molecule has 4 aliphatic heterocycles. The zero-order chi connectivity index (χ0) is 27.1. The van der Waals surface area contributed by atoms with Gasteiger partial charge in [-0.05, 0) is 79.5 Å². The quantitative estimate of drug-likeness (QED) is 0.219. The van der Waals surface area contributed by atoms with Gasteiger partial charge in [-0.25, -0.2) is 0 Å². The van der Waals surface area contributed by atoms with Crippen LogP contribution in [-0.2, 0) is 0 Å². The Morgan fingerprint density at radius 2 is 1.47 bits per heavy atom. The molecule has 1 fully saturated rings. The molecule has 5 rings (SSSR count). The van der Waals surface area contributed by atoms with E-state index in [9.17, 15) is 5.11 Å². The summed E-state index contributed by atoms with van der Waals surface area (Å²) < 4.78 is 7.29. The van der Waals surface area contributed by atoms with Gasteiger partial charge in [0.2, 0.25) is 0 Å². The van der Waals surface area contributed by atoms with Gasteiger partial charge in [0.15, 0.2) is 0 Å². The monoisotopic (exact) mass is 523 g/mol. The molecule has 0 radical (unpaired) electrons. The standard InChI is InChI=1S/C35H57NO2/c1-6-9-12-15-20-35(21-16-13-10-7-2)34-32(28-18-22-36(34)23-19-28)33-30(37)24-29(25-31(33)38-35)27(5)26(4)17-14-11-8-3/h24-28,37H,6-23H2,1-5H3. The molecule has 3 nitrogen and oxygen atoms in total. The van der Waals surface area contributed by atoms with Crippen LogP contribution in [0.25, 0.3) is 5.57 Å². The molecule has 38 heavy (non-hydrogen) atoms. The molecule has 1 saturated heterocycles. The van der Waals surface area contributed by atoms with Crippen LogP contribution in [0.1, 0.15) is 154 Å². The highest BCUT2D eigenvalue weighted by atomic mass is 16.5. The number of unbranched alkanes of at least 4 members (excludes halogenated alkanes) is 8. The topological polar surface area (TPSA) is 32.7 Å². The first kappa shape index (κ1) is 29.3. The number of phenolic OH excluding ortho intramolecular Hbond substituents is 1. The van der Waals surface area contributed by atoms with Gasteiger partial charge >= 0.3 is 0 Å². The van der Waals surface area contributed by atoms with E-state index in [1.165, 1.54) is 107 Å². The molecule has 4 aliphatic rings. The van der Waals surface area contributed by atoms with E-state index in [4.69, 9.17) is 4.74 Å². The maximum atomic E-state index is 11.6. The van der Waals surface area contributed by atoms with Crippen LogP contribution in [0, 0.1) is 11.8 Å². The highest BCUT2D eigenvalue weighted by molar-refractivity contribution is 5.83. The third-order valence-corrected chi connectivity index (χ3v) is 10.1. The lowest BCUT2D eigenvalue weighted by atomic mass is 9.70. The summed E-state index contributed by atoms with van der Waals surface area (Å²) in [4.78, 5) is 2.66. The number of fused-ring (bicyclic) bond motifs is 3. The van der Waals surface area contributed by atoms with Gasteiger partial charge in [0.05, 0.1) is 11.3 Å². The minimum atomic E-state index is -0.232. The molecular weight excluding hydrogens is 466 g/mol. The van der Waals surface area contributed by atoms with Crippen molar-refractivity contribution < 1.29 is 9.84 Å². The van der Waals surface area contributed by atoms with Crippen molar-refractivity contribution in [2.45, 2.75) is 149 Å². The van der Waals surface area contributed by atoms with E-state index in [0.717, 1.165) is 37.2 Å². The van der Waals surface area contributed by atoms with Crippen molar-refractivity contribution in [3.05, 3.63) is 29.0 Å². The predicted molar refractivity (Wildman–Crippen MR) is 162 cm³/mol. The molecular formula is C35H57NO2. The zero-order valence-electron chi connectivity index (χ0n) is 25.4. The van der Waals surface area contributed by atoms with Crippen molar-refractivity contribution in [2.24, 2.45) is 11.8 Å². The van der Waals surface area contributed by atoms with Crippen LogP contribution < -0.4 is 4.74 Å². The smallest absolute Gasteiger partial charge is 0.149 e. The van der Waals surface area contributed by atoms with Gasteiger partial charge in [-0.2, -0.15) is 0 Å². The molecule has 1 N–H and O–H groups in total. The Kier molecular flexibility index (Phi) is 10.5. The average Bonchev–Trinajstić information content (AvgIpc) is 2.93. The van der Waals surface area contributed by atoms with E-state index >= 15 is 0 Å². The predicted octanol–water partition coefficient (Wildman–Crippen LogP) is 10.2. The summed E-state index contributed by atoms with van der Waals surface area (Å²) in [6.45, 7) is 13.9. The van der Waals surface area contributed by atoms with Gasteiger partial charge in [-0.3, -0.25) is 0 Å². The summed E-state index contributed by atoms with van der Waals surface area (Å²) >= 11 is 0. The SMILES string of the molecule is CCCCCCC1(CCCCCC)Oc2cc(C(C)C(C)CCCCC)cc(O)c2C2=C1N1CCC2CC1. The van der Waals surface area contributed by atoms with Gasteiger partial charge in [0, 0.05) is 13.1 Å². The summed E-state index contributed by atoms with van der Waals surface area (Å²) in [5.41, 5.74) is 4.96. The first-order valence-corrected chi connectivity index (χ1v) is 16.5. The lowest BCUT2D eigenvalue weighted by Gasteiger charge is -2.54. The molecule has 0 spiro atoms. The van der Waals surface area contributed by atoms with Crippen LogP contribution in [0.15, 0.2) is 17.8 Å². The third-order valence-electron chi connectivity index (χ3n) is 10.1. The number of aromatic hydroxyl groups is 1. The second-order valence-electron chi connectivity index (χ2n) is 12.9. The lowest BCUT2D eigenvalue weighted by molar-refractivity contribution is 0.0293. The molecule has 4 heterocycles. The highest BCUT2D eigenvalue weighted by Gasteiger charge is 2.50. The summed E-state index contributed by atoms with van der Waals surface area (Å²) in [6, 6.07) is 4.42. The van der Waals surface area contributed by atoms with Crippen molar-refractivity contribution in [1.29, 1.82) is 0 Å². The number of piperidine rings is 1. The fourth-order valence-corrected chi connectivity index (χ4v) is 7.54. The Bertz CT molecular complexity index is 914. The van der Waals surface area contributed by atoms with Gasteiger partial charge in [0.25, 0.3) is 0 Å². The number of hydrogen-bond acceptors (Lipinski definition) is 3. The lowest BCUT2D eigenvalue weighted by Crippen LogP contribution is -2.53. The van der Waals surface area contributed by atoms with Crippen LogP contribution in [-0.4, -0.2) is 28.7 Å². The zero-order valence-corrected chi connectivity index (χ0v) is 25.4. The van der Waals surface area contributed by atoms with Crippen molar-refractivity contribution in [1.82, 2.24) is 4.90 Å². The number of ether oxygens (including phenoxy) is 1. The number of nitrogens with zero attached hydrogens (tertiary/aromatic N) is 1. The first-order chi connectivity index (χ1) is 18.5. The molecule has 1 aromatic carbocycles. The fourth-order valence-electron chi connectivity index (χ4n) is 7.54. The minimum Gasteiger partial charge on any atom is -0.507 e. The molecule has 1 aromatic rings. The van der Waals surface area contributed by atoms with E-state index in [-0.39, 0.29) is 5.60 Å². The number of benzene rings is 1. The summed E-state index contributed by atoms with van der Waals surface area (Å²) in [5.74, 6) is 3.01. The van der Waals surface area contributed by atoms with Gasteiger partial charge in [0.1, 0.15) is 17.1 Å². The van der Waals surface area contributed by atoms with Crippen LogP contribution in [0.5, 0.6) is 11.5 Å². The average molecular weight is 524 g/mol. The second-order valence-corrected chi connectivity index (χ2v) is 12.9. The van der Waals surface area contributed by atoms with Crippen molar-refractivity contribution in [3.8, 4) is 11.5 Å². The van der Waals surface area contributed by atoms with Crippen LogP contribution in [0.3, 0.4) is 0 Å². The van der Waals surface area contributed by atoms with Crippen molar-refractivity contribution in [3.63, 3.8) is 0 Å². The molecule has 0 saturated carbocycles. The Morgan fingerprint density at radius 3 is 2.08 bits per heavy atom. The Hall–Kier alpha value is -1.64. The highest BCUT2D eigenvalue weighted by Crippen LogP contribution is 2.57. The molecule has 0 aromatic heterocycles. The van der Waals surface area contributed by atoms with E-state index in [1.54, 1.807) is 0 Å². The van der Waals surface area contributed by atoms with E-state index < -0.39 is 0 Å². The molecule has 2 bridgehead atoms. The number of phenols is 1. The largest absolute Gasteiger partial charge is 0.507 e. The van der Waals surface area contributed by atoms with Gasteiger partial charge < -0.3 is 14.7 Å². The van der Waals surface area contributed by atoms with E-state index in [2.05, 4.69) is 51.7 Å². The maximum Gasteiger partial charge on any atom is 0.149 e. The molecule has 2 atom stereocenters. The summed E-state index contributed by atoms with van der Waals surface area (Å²) in [7, 11) is 0. The van der Waals surface area contributed by atoms with Crippen LogP contribution in [0.2, 0.25) is 0 Å². The summed E-state index contributed by atoms with van der Waals surface area (Å²) in [5, 5.41) is 11.6. The molecule has 0 aliphatic carbocycles. The fraction of sp³-hybridized carbons (Fsp3) is 0.771. The Labute approximate surface area is 234 Å². The minimum absolute atomic E-state index is 0.232. The van der Waals surface area contributed by atoms with E-state index in [1.807, 2.05) is 0 Å². The first-order valence-electron chi connectivity index (χ1n) is 16.5. The van der Waals surface area contributed by atoms with Crippen molar-refractivity contribution in [2.75, 3.05) is 13.1 Å². The summed E-state index contributed by atoms with van der Waals surface area (Å²) in [6.07, 6.45) is 19.9. The normalized spacial score (nSPS) is 19.8. The number of rotatable bonds is 16. The van der Waals surface area contributed by atoms with Crippen molar-refractivity contribution >= 4 is 5.57 Å². The van der Waals surface area contributed by atoms with Gasteiger partial charge in [-0.15, -0.1) is 0 Å². The van der Waals surface area contributed by atoms with E-state index in [0.29, 0.717) is 23.5 Å². The third kappa shape index (κ3) is 6.23. The maximum absolute atomic E-state index is 11.6. The van der Waals surface area contributed by atoms with Crippen LogP contribution >= 0.6 is 0 Å². The molecule has 3 heteroatoms. The van der Waals surface area contributed by atoms with Crippen LogP contribution in [0.4, 0.5) is 0 Å². The number of hydrogen-bond donors (Lipinski definition) is 1. The Morgan fingerprint density at radius 1 is 0.868 bits per heavy atom.